The van der Waals surface area contributed by atoms with Crippen LogP contribution < -0.4 is 4.72 Å². The van der Waals surface area contributed by atoms with Gasteiger partial charge in [-0.15, -0.1) is 0 Å². The molecule has 0 atom stereocenters. The first kappa shape index (κ1) is 17.3. The lowest BCUT2D eigenvalue weighted by Crippen LogP contribution is -2.14. The number of anilines is 1. The summed E-state index contributed by atoms with van der Waals surface area (Å²) in [6.07, 6.45) is 0. The van der Waals surface area contributed by atoms with E-state index in [2.05, 4.69) is 41.4 Å². The molecule has 0 saturated heterocycles. The van der Waals surface area contributed by atoms with Crippen molar-refractivity contribution in [2.75, 3.05) is 4.72 Å². The summed E-state index contributed by atoms with van der Waals surface area (Å²) in [7, 11) is -3.67. The van der Waals surface area contributed by atoms with E-state index in [4.69, 9.17) is 11.6 Å². The van der Waals surface area contributed by atoms with Gasteiger partial charge in [-0.05, 0) is 41.3 Å². The van der Waals surface area contributed by atoms with Gasteiger partial charge in [0, 0.05) is 4.47 Å². The van der Waals surface area contributed by atoms with Crippen LogP contribution in [0.2, 0.25) is 5.02 Å². The fourth-order valence-electron chi connectivity index (χ4n) is 1.90. The molecule has 0 aromatic heterocycles. The van der Waals surface area contributed by atoms with Gasteiger partial charge in [-0.2, -0.15) is 0 Å². The van der Waals surface area contributed by atoms with Gasteiger partial charge in [0.1, 0.15) is 0 Å². The molecule has 0 aliphatic carbocycles. The molecule has 2 aromatic rings. The highest BCUT2D eigenvalue weighted by Gasteiger charge is 2.19. The van der Waals surface area contributed by atoms with Crippen LogP contribution in [0.25, 0.3) is 0 Å². The number of benzene rings is 2. The Hall–Kier alpha value is -1.04. The van der Waals surface area contributed by atoms with Gasteiger partial charge in [-0.25, -0.2) is 8.42 Å². The van der Waals surface area contributed by atoms with Crippen molar-refractivity contribution in [2.45, 2.75) is 31.1 Å². The molecule has 2 aromatic carbocycles. The van der Waals surface area contributed by atoms with E-state index in [1.165, 1.54) is 6.07 Å². The second-order valence-corrected chi connectivity index (χ2v) is 9.01. The number of hydrogen-bond acceptors (Lipinski definition) is 2. The van der Waals surface area contributed by atoms with E-state index in [0.29, 0.717) is 15.2 Å². The Kier molecular flexibility index (Phi) is 4.90. The fourth-order valence-corrected chi connectivity index (χ4v) is 3.86. The fraction of sp³-hybridized carbons (Fsp3) is 0.250. The molecular weight excluding hydrogens is 386 g/mol. The molecule has 6 heteroatoms. The predicted molar refractivity (Wildman–Crippen MR) is 95.1 cm³/mol. The normalized spacial score (nSPS) is 12.2. The van der Waals surface area contributed by atoms with Gasteiger partial charge in [0.15, 0.2) is 0 Å². The Morgan fingerprint density at radius 3 is 2.32 bits per heavy atom. The summed E-state index contributed by atoms with van der Waals surface area (Å²) in [6, 6.07) is 11.9. The van der Waals surface area contributed by atoms with Crippen LogP contribution in [0.1, 0.15) is 26.3 Å². The molecule has 0 unspecified atom stereocenters. The minimum absolute atomic E-state index is 0.0503. The first-order valence-electron chi connectivity index (χ1n) is 6.68. The summed E-state index contributed by atoms with van der Waals surface area (Å²) >= 11 is 9.49. The molecule has 3 nitrogen and oxygen atoms in total. The smallest absolute Gasteiger partial charge is 0.261 e. The van der Waals surface area contributed by atoms with Crippen molar-refractivity contribution in [3.8, 4) is 0 Å². The second-order valence-electron chi connectivity index (χ2n) is 6.01. The van der Waals surface area contributed by atoms with E-state index in [0.717, 1.165) is 5.56 Å². The lowest BCUT2D eigenvalue weighted by atomic mass is 9.87. The molecule has 0 heterocycles. The summed E-state index contributed by atoms with van der Waals surface area (Å²) in [6.45, 7) is 6.22. The quantitative estimate of drug-likeness (QED) is 0.767. The van der Waals surface area contributed by atoms with Crippen molar-refractivity contribution >= 4 is 43.2 Å². The largest absolute Gasteiger partial charge is 0.278 e. The van der Waals surface area contributed by atoms with Crippen LogP contribution in [0, 0.1) is 0 Å². The minimum Gasteiger partial charge on any atom is -0.278 e. The van der Waals surface area contributed by atoms with Crippen LogP contribution in [0.5, 0.6) is 0 Å². The Morgan fingerprint density at radius 1 is 1.09 bits per heavy atom. The number of rotatable bonds is 3. The standard InChI is InChI=1S/C16H17BrClNO2S/c1-16(2,3)11-7-8-15(14(18)9-11)19-22(20,21)13-6-4-5-12(17)10-13/h4-10,19H,1-3H3. The Balaban J connectivity index is 2.35. The zero-order chi connectivity index (χ0) is 16.5. The summed E-state index contributed by atoms with van der Waals surface area (Å²) in [4.78, 5) is 0.179. The van der Waals surface area contributed by atoms with Crippen LogP contribution in [0.15, 0.2) is 51.8 Å². The van der Waals surface area contributed by atoms with Gasteiger partial charge >= 0.3 is 0 Å². The van der Waals surface area contributed by atoms with Gasteiger partial charge in [0.25, 0.3) is 10.0 Å². The minimum atomic E-state index is -3.67. The molecule has 0 spiro atoms. The van der Waals surface area contributed by atoms with Crippen molar-refractivity contribution in [3.63, 3.8) is 0 Å². The predicted octanol–water partition coefficient (Wildman–Crippen LogP) is 5.20. The third-order valence-corrected chi connectivity index (χ3v) is 5.35. The molecule has 0 bridgehead atoms. The van der Waals surface area contributed by atoms with Gasteiger partial charge in [0.2, 0.25) is 0 Å². The number of hydrogen-bond donors (Lipinski definition) is 1. The summed E-state index contributed by atoms with van der Waals surface area (Å²) < 4.78 is 28.0. The highest BCUT2D eigenvalue weighted by atomic mass is 79.9. The Bertz CT molecular complexity index is 798. The molecule has 2 rings (SSSR count). The van der Waals surface area contributed by atoms with Gasteiger partial charge in [-0.1, -0.05) is 60.4 Å². The third-order valence-electron chi connectivity index (χ3n) is 3.19. The monoisotopic (exact) mass is 401 g/mol. The second kappa shape index (κ2) is 6.22. The van der Waals surface area contributed by atoms with E-state index < -0.39 is 10.0 Å². The zero-order valence-corrected chi connectivity index (χ0v) is 15.7. The highest BCUT2D eigenvalue weighted by molar-refractivity contribution is 9.10. The maximum atomic E-state index is 12.4. The lowest BCUT2D eigenvalue weighted by Gasteiger charge is -2.20. The van der Waals surface area contributed by atoms with Crippen LogP contribution >= 0.6 is 27.5 Å². The molecule has 1 N–H and O–H groups in total. The summed E-state index contributed by atoms with van der Waals surface area (Å²) in [5.74, 6) is 0. The van der Waals surface area contributed by atoms with Gasteiger partial charge in [-0.3, -0.25) is 4.72 Å². The molecule has 0 amide bonds. The van der Waals surface area contributed by atoms with Crippen LogP contribution in [0.4, 0.5) is 5.69 Å². The summed E-state index contributed by atoms with van der Waals surface area (Å²) in [5.41, 5.74) is 1.36. The van der Waals surface area contributed by atoms with Crippen molar-refractivity contribution in [3.05, 3.63) is 57.5 Å². The molecule has 0 saturated carbocycles. The van der Waals surface area contributed by atoms with Crippen molar-refractivity contribution in [1.29, 1.82) is 0 Å². The van der Waals surface area contributed by atoms with Crippen LogP contribution in [0.3, 0.4) is 0 Å². The molecule has 0 aliphatic rings. The maximum Gasteiger partial charge on any atom is 0.261 e. The molecule has 118 valence electrons. The lowest BCUT2D eigenvalue weighted by molar-refractivity contribution is 0.590. The SMILES string of the molecule is CC(C)(C)c1ccc(NS(=O)(=O)c2cccc(Br)c2)c(Cl)c1. The highest BCUT2D eigenvalue weighted by Crippen LogP contribution is 2.31. The van der Waals surface area contributed by atoms with Crippen LogP contribution in [-0.2, 0) is 15.4 Å². The third kappa shape index (κ3) is 4.03. The average Bonchev–Trinajstić information content (AvgIpc) is 2.40. The van der Waals surface area contributed by atoms with E-state index in [-0.39, 0.29) is 10.3 Å². The molecule has 0 aliphatic heterocycles. The molecule has 0 radical (unpaired) electrons. The first-order valence-corrected chi connectivity index (χ1v) is 9.33. The van der Waals surface area contributed by atoms with E-state index in [9.17, 15) is 8.42 Å². The molecular formula is C16H17BrClNO2S. The Labute approximate surface area is 144 Å². The number of sulfonamides is 1. The molecule has 0 fully saturated rings. The van der Waals surface area contributed by atoms with Gasteiger partial charge < -0.3 is 0 Å². The number of nitrogens with one attached hydrogen (secondary N) is 1. The van der Waals surface area contributed by atoms with Crippen molar-refractivity contribution in [2.24, 2.45) is 0 Å². The number of halogens is 2. The zero-order valence-electron chi connectivity index (χ0n) is 12.5. The average molecular weight is 403 g/mol. The summed E-state index contributed by atoms with van der Waals surface area (Å²) in [5, 5.41) is 0.381. The molecule has 22 heavy (non-hydrogen) atoms. The van der Waals surface area contributed by atoms with Crippen molar-refractivity contribution in [1.82, 2.24) is 0 Å². The Morgan fingerprint density at radius 2 is 1.77 bits per heavy atom. The maximum absolute atomic E-state index is 12.4. The van der Waals surface area contributed by atoms with Crippen molar-refractivity contribution < 1.29 is 8.42 Å². The van der Waals surface area contributed by atoms with Gasteiger partial charge in [0.05, 0.1) is 15.6 Å². The van der Waals surface area contributed by atoms with E-state index in [1.54, 1.807) is 30.3 Å². The first-order chi connectivity index (χ1) is 10.1. The van der Waals surface area contributed by atoms with E-state index in [1.807, 2.05) is 6.07 Å². The van der Waals surface area contributed by atoms with Crippen LogP contribution in [-0.4, -0.2) is 8.42 Å². The topological polar surface area (TPSA) is 46.2 Å². The van der Waals surface area contributed by atoms with E-state index >= 15 is 0 Å².